The number of benzene rings is 2. The third kappa shape index (κ3) is 5.05. The average molecular weight is 335 g/mol. The van der Waals surface area contributed by atoms with Crippen LogP contribution in [0.1, 0.15) is 5.56 Å². The molecule has 0 amide bonds. The Hall–Kier alpha value is -1.91. The van der Waals surface area contributed by atoms with Crippen molar-refractivity contribution in [1.29, 1.82) is 0 Å². The van der Waals surface area contributed by atoms with E-state index >= 15 is 0 Å². The molecule has 23 heavy (non-hydrogen) atoms. The molecule has 0 spiro atoms. The van der Waals surface area contributed by atoms with Gasteiger partial charge >= 0.3 is 0 Å². The van der Waals surface area contributed by atoms with Crippen molar-refractivity contribution in [3.05, 3.63) is 54.1 Å². The number of rotatable bonds is 7. The minimum absolute atomic E-state index is 0. The van der Waals surface area contributed by atoms with Gasteiger partial charge in [-0.05, 0) is 30.7 Å². The van der Waals surface area contributed by atoms with Crippen LogP contribution in [0.4, 0.5) is 0 Å². The highest BCUT2D eigenvalue weighted by Gasteiger charge is 2.16. The van der Waals surface area contributed by atoms with Crippen LogP contribution in [-0.4, -0.2) is 32.9 Å². The summed E-state index contributed by atoms with van der Waals surface area (Å²) < 4.78 is 16.9. The summed E-state index contributed by atoms with van der Waals surface area (Å²) in [6.45, 7) is 3.52. The number of ether oxygens (including phenoxy) is 3. The molecule has 2 aromatic carbocycles. The number of hydrogen-bond donors (Lipinski definition) is 1. The van der Waals surface area contributed by atoms with Crippen LogP contribution in [0.5, 0.6) is 17.2 Å². The Morgan fingerprint density at radius 3 is 2.61 bits per heavy atom. The zero-order valence-corrected chi connectivity index (χ0v) is 13.7. The Bertz CT molecular complexity index is 592. The van der Waals surface area contributed by atoms with Gasteiger partial charge in [0.2, 0.25) is 5.75 Å². The quantitative estimate of drug-likeness (QED) is 0.704. The van der Waals surface area contributed by atoms with E-state index in [0.29, 0.717) is 19.8 Å². The second-order valence-electron chi connectivity index (χ2n) is 5.11. The van der Waals surface area contributed by atoms with Crippen molar-refractivity contribution in [3.63, 3.8) is 0 Å². The van der Waals surface area contributed by atoms with E-state index < -0.39 is 0 Å². The predicted octanol–water partition coefficient (Wildman–Crippen LogP) is -0.327. The minimum atomic E-state index is 0. The van der Waals surface area contributed by atoms with Gasteiger partial charge in [0.1, 0.15) is 19.8 Å². The maximum atomic E-state index is 5.79. The molecule has 0 bridgehead atoms. The maximum absolute atomic E-state index is 5.79. The highest BCUT2D eigenvalue weighted by Crippen LogP contribution is 2.38. The molecular formula is C18H21ClNO3-. The van der Waals surface area contributed by atoms with Crippen molar-refractivity contribution in [2.75, 3.05) is 32.9 Å². The lowest BCUT2D eigenvalue weighted by Crippen LogP contribution is -3.00. The van der Waals surface area contributed by atoms with E-state index in [0.717, 1.165) is 36.8 Å². The second-order valence-corrected chi connectivity index (χ2v) is 5.11. The summed E-state index contributed by atoms with van der Waals surface area (Å²) in [5.74, 6) is 2.24. The van der Waals surface area contributed by atoms with Gasteiger partial charge in [-0.2, -0.15) is 0 Å². The number of nitrogens with one attached hydrogen (secondary N) is 1. The Morgan fingerprint density at radius 1 is 0.913 bits per heavy atom. The summed E-state index contributed by atoms with van der Waals surface area (Å²) >= 11 is 0. The van der Waals surface area contributed by atoms with E-state index in [4.69, 9.17) is 14.2 Å². The summed E-state index contributed by atoms with van der Waals surface area (Å²) in [5.41, 5.74) is 1.35. The van der Waals surface area contributed by atoms with E-state index in [-0.39, 0.29) is 12.4 Å². The molecule has 0 radical (unpaired) electrons. The first kappa shape index (κ1) is 17.4. The highest BCUT2D eigenvalue weighted by atomic mass is 35.5. The van der Waals surface area contributed by atoms with Crippen molar-refractivity contribution in [2.45, 2.75) is 6.42 Å². The fourth-order valence-corrected chi connectivity index (χ4v) is 2.40. The topological polar surface area (TPSA) is 39.7 Å². The van der Waals surface area contributed by atoms with Crippen LogP contribution in [0.25, 0.3) is 0 Å². The van der Waals surface area contributed by atoms with Gasteiger partial charge in [0.25, 0.3) is 0 Å². The van der Waals surface area contributed by atoms with Gasteiger partial charge in [0.15, 0.2) is 11.5 Å². The summed E-state index contributed by atoms with van der Waals surface area (Å²) in [5, 5.41) is 3.39. The van der Waals surface area contributed by atoms with Crippen LogP contribution in [0.2, 0.25) is 0 Å². The third-order valence-corrected chi connectivity index (χ3v) is 3.50. The first-order chi connectivity index (χ1) is 10.9. The van der Waals surface area contributed by atoms with Crippen molar-refractivity contribution in [1.82, 2.24) is 5.32 Å². The van der Waals surface area contributed by atoms with Crippen LogP contribution in [0, 0.1) is 0 Å². The highest BCUT2D eigenvalue weighted by molar-refractivity contribution is 5.51. The number of hydrogen-bond acceptors (Lipinski definition) is 4. The third-order valence-electron chi connectivity index (χ3n) is 3.50. The van der Waals surface area contributed by atoms with Crippen LogP contribution in [0.3, 0.4) is 0 Å². The van der Waals surface area contributed by atoms with E-state index in [2.05, 4.69) is 29.6 Å². The second kappa shape index (κ2) is 9.28. The molecule has 2 aromatic rings. The van der Waals surface area contributed by atoms with Crippen LogP contribution in [-0.2, 0) is 6.42 Å². The van der Waals surface area contributed by atoms with Crippen molar-refractivity contribution < 1.29 is 26.6 Å². The van der Waals surface area contributed by atoms with E-state index in [1.807, 2.05) is 24.3 Å². The normalized spacial score (nSPS) is 12.3. The number of fused-ring (bicyclic) bond motifs is 1. The van der Waals surface area contributed by atoms with Gasteiger partial charge < -0.3 is 31.9 Å². The SMILES string of the molecule is [Cl-].c1ccc(CCNCCOc2cccc3c2OCCO3)cc1. The first-order valence-electron chi connectivity index (χ1n) is 7.69. The lowest BCUT2D eigenvalue weighted by Gasteiger charge is -2.20. The molecule has 1 heterocycles. The summed E-state index contributed by atoms with van der Waals surface area (Å²) in [7, 11) is 0. The van der Waals surface area contributed by atoms with Crippen LogP contribution >= 0.6 is 0 Å². The lowest BCUT2D eigenvalue weighted by atomic mass is 10.1. The first-order valence-corrected chi connectivity index (χ1v) is 7.69. The van der Waals surface area contributed by atoms with Crippen molar-refractivity contribution >= 4 is 0 Å². The zero-order valence-electron chi connectivity index (χ0n) is 13.0. The van der Waals surface area contributed by atoms with Crippen LogP contribution < -0.4 is 31.9 Å². The zero-order chi connectivity index (χ0) is 15.0. The standard InChI is InChI=1S/C18H21NO3.ClH/c1-2-5-15(6-3-1)9-10-19-11-12-20-16-7-4-8-17-18(16)22-14-13-21-17;/h1-8,19H,9-14H2;1H/p-1. The molecule has 0 unspecified atom stereocenters. The molecule has 4 nitrogen and oxygen atoms in total. The summed E-state index contributed by atoms with van der Waals surface area (Å²) in [6.07, 6.45) is 1.03. The Kier molecular flexibility index (Phi) is 7.04. The molecule has 3 rings (SSSR count). The van der Waals surface area contributed by atoms with Gasteiger partial charge in [0, 0.05) is 6.54 Å². The Morgan fingerprint density at radius 2 is 1.74 bits per heavy atom. The maximum Gasteiger partial charge on any atom is 0.203 e. The fraction of sp³-hybridized carbons (Fsp3) is 0.333. The van der Waals surface area contributed by atoms with Gasteiger partial charge in [-0.25, -0.2) is 0 Å². The van der Waals surface area contributed by atoms with Gasteiger partial charge in [-0.3, -0.25) is 0 Å². The van der Waals surface area contributed by atoms with Crippen molar-refractivity contribution in [3.8, 4) is 17.2 Å². The molecule has 5 heteroatoms. The van der Waals surface area contributed by atoms with Gasteiger partial charge in [0.05, 0.1) is 0 Å². The van der Waals surface area contributed by atoms with Gasteiger partial charge in [-0.15, -0.1) is 0 Å². The molecule has 1 aliphatic heterocycles. The van der Waals surface area contributed by atoms with Crippen molar-refractivity contribution in [2.24, 2.45) is 0 Å². The molecule has 0 aliphatic carbocycles. The fourth-order valence-electron chi connectivity index (χ4n) is 2.40. The molecular weight excluding hydrogens is 314 g/mol. The molecule has 124 valence electrons. The lowest BCUT2D eigenvalue weighted by molar-refractivity contribution is -0.00000540. The summed E-state index contributed by atoms with van der Waals surface area (Å²) in [6, 6.07) is 16.2. The minimum Gasteiger partial charge on any atom is -1.00 e. The largest absolute Gasteiger partial charge is 1.00 e. The number of halogens is 1. The van der Waals surface area contributed by atoms with Crippen LogP contribution in [0.15, 0.2) is 48.5 Å². The van der Waals surface area contributed by atoms with E-state index in [1.54, 1.807) is 0 Å². The predicted molar refractivity (Wildman–Crippen MR) is 85.9 cm³/mol. The molecule has 0 aromatic heterocycles. The monoisotopic (exact) mass is 334 g/mol. The molecule has 0 atom stereocenters. The average Bonchev–Trinajstić information content (AvgIpc) is 2.59. The van der Waals surface area contributed by atoms with Gasteiger partial charge in [-0.1, -0.05) is 36.4 Å². The molecule has 0 saturated heterocycles. The van der Waals surface area contributed by atoms with E-state index in [9.17, 15) is 0 Å². The Labute approximate surface area is 143 Å². The Balaban J connectivity index is 0.00000192. The molecule has 1 aliphatic rings. The molecule has 0 saturated carbocycles. The smallest absolute Gasteiger partial charge is 0.203 e. The van der Waals surface area contributed by atoms with E-state index in [1.165, 1.54) is 5.56 Å². The summed E-state index contributed by atoms with van der Waals surface area (Å²) in [4.78, 5) is 0. The molecule has 0 fully saturated rings. The molecule has 1 N–H and O–H groups in total. The number of para-hydroxylation sites is 1.